The van der Waals surface area contributed by atoms with Crippen molar-refractivity contribution in [2.75, 3.05) is 10.6 Å². The first-order valence-corrected chi connectivity index (χ1v) is 19.8. The van der Waals surface area contributed by atoms with E-state index in [0.717, 1.165) is 39.3 Å². The van der Waals surface area contributed by atoms with Gasteiger partial charge >= 0.3 is 0 Å². The van der Waals surface area contributed by atoms with E-state index in [1.165, 1.54) is 96.3 Å². The average molecular weight is 699 g/mol. The Labute approximate surface area is 303 Å². The maximum absolute atomic E-state index is 5.73. The van der Waals surface area contributed by atoms with E-state index in [2.05, 4.69) is 122 Å². The standard InChI is InChI=1S/C41H50N2S4/c1-3-5-7-9-11-17-34-19-13-15-21-38(34)46-40(44)42-36-27-23-32(24-28-36)31-33-25-29-37(30-26-33)43-41(45)47-39-22-16-14-20-35(39)18-12-10-8-6-4-2/h13-16,19-30H,3-12,17-18,31H2,1-2H3,(H,42,44)(H,43,45). The van der Waals surface area contributed by atoms with Crippen LogP contribution < -0.4 is 10.6 Å². The van der Waals surface area contributed by atoms with Gasteiger partial charge in [0.1, 0.15) is 8.64 Å². The molecule has 0 bridgehead atoms. The summed E-state index contributed by atoms with van der Waals surface area (Å²) in [6.45, 7) is 4.53. The molecular formula is C41H50N2S4. The predicted octanol–water partition coefficient (Wildman–Crippen LogP) is 13.3. The molecule has 4 aromatic rings. The molecule has 248 valence electrons. The second-order valence-corrected chi connectivity index (χ2v) is 15.6. The maximum Gasteiger partial charge on any atom is 0.143 e. The molecule has 0 fully saturated rings. The number of hydrogen-bond donors (Lipinski definition) is 2. The molecule has 0 aliphatic rings. The van der Waals surface area contributed by atoms with Crippen molar-refractivity contribution in [1.82, 2.24) is 0 Å². The summed E-state index contributed by atoms with van der Waals surface area (Å²) in [4.78, 5) is 2.51. The molecule has 0 atom stereocenters. The van der Waals surface area contributed by atoms with Crippen LogP contribution in [0.2, 0.25) is 0 Å². The Balaban J connectivity index is 1.22. The molecule has 2 N–H and O–H groups in total. The molecule has 0 spiro atoms. The van der Waals surface area contributed by atoms with Crippen molar-refractivity contribution in [2.45, 2.75) is 107 Å². The van der Waals surface area contributed by atoms with Crippen LogP contribution in [0.1, 0.15) is 100 Å². The van der Waals surface area contributed by atoms with Crippen LogP contribution in [0.5, 0.6) is 0 Å². The molecule has 6 heteroatoms. The molecule has 0 aliphatic carbocycles. The van der Waals surface area contributed by atoms with Crippen molar-refractivity contribution in [3.05, 3.63) is 119 Å². The molecule has 0 saturated carbocycles. The monoisotopic (exact) mass is 698 g/mol. The van der Waals surface area contributed by atoms with Gasteiger partial charge in [-0.25, -0.2) is 0 Å². The van der Waals surface area contributed by atoms with E-state index < -0.39 is 0 Å². The highest BCUT2D eigenvalue weighted by atomic mass is 32.2. The van der Waals surface area contributed by atoms with Gasteiger partial charge in [-0.2, -0.15) is 0 Å². The molecule has 4 rings (SSSR count). The summed E-state index contributed by atoms with van der Waals surface area (Å²) in [6, 6.07) is 34.5. The van der Waals surface area contributed by atoms with Gasteiger partial charge in [-0.05, 0) is 90.8 Å². The van der Waals surface area contributed by atoms with Crippen LogP contribution in [0.3, 0.4) is 0 Å². The zero-order chi connectivity index (χ0) is 33.1. The van der Waals surface area contributed by atoms with Crippen molar-refractivity contribution in [1.29, 1.82) is 0 Å². The summed E-state index contributed by atoms with van der Waals surface area (Å²) in [7, 11) is 0. The normalized spacial score (nSPS) is 10.9. The second kappa shape index (κ2) is 21.4. The number of thioether (sulfide) groups is 2. The lowest BCUT2D eigenvalue weighted by Gasteiger charge is -2.12. The number of nitrogens with one attached hydrogen (secondary N) is 2. The van der Waals surface area contributed by atoms with Crippen LogP contribution in [-0.4, -0.2) is 8.64 Å². The fourth-order valence-corrected chi connectivity index (χ4v) is 8.00. The molecule has 0 amide bonds. The zero-order valence-electron chi connectivity index (χ0n) is 28.1. The van der Waals surface area contributed by atoms with E-state index in [1.54, 1.807) is 23.5 Å². The summed E-state index contributed by atoms with van der Waals surface area (Å²) >= 11 is 14.8. The van der Waals surface area contributed by atoms with Gasteiger partial charge in [-0.1, -0.05) is 174 Å². The Hall–Kier alpha value is -2.64. The molecule has 0 unspecified atom stereocenters. The number of benzene rings is 4. The van der Waals surface area contributed by atoms with Crippen molar-refractivity contribution >= 4 is 68.0 Å². The van der Waals surface area contributed by atoms with Crippen LogP contribution >= 0.6 is 48.0 Å². The van der Waals surface area contributed by atoms with Gasteiger partial charge in [-0.15, -0.1) is 0 Å². The molecule has 0 saturated heterocycles. The first kappa shape index (κ1) is 37.2. The van der Waals surface area contributed by atoms with E-state index in [0.29, 0.717) is 0 Å². The van der Waals surface area contributed by atoms with E-state index in [4.69, 9.17) is 24.4 Å². The minimum absolute atomic E-state index is 0.779. The van der Waals surface area contributed by atoms with Crippen molar-refractivity contribution in [2.24, 2.45) is 0 Å². The van der Waals surface area contributed by atoms with Crippen molar-refractivity contribution in [3.63, 3.8) is 0 Å². The lowest BCUT2D eigenvalue weighted by molar-refractivity contribution is 0.630. The van der Waals surface area contributed by atoms with Crippen molar-refractivity contribution < 1.29 is 0 Å². The van der Waals surface area contributed by atoms with Gasteiger partial charge in [0.2, 0.25) is 0 Å². The number of rotatable bonds is 18. The zero-order valence-corrected chi connectivity index (χ0v) is 31.3. The third-order valence-electron chi connectivity index (χ3n) is 8.26. The van der Waals surface area contributed by atoms with Gasteiger partial charge in [0.05, 0.1) is 0 Å². The minimum atomic E-state index is 0.779. The topological polar surface area (TPSA) is 24.1 Å². The SMILES string of the molecule is CCCCCCCc1ccccc1SC(=S)Nc1ccc(Cc2ccc(NC(=S)Sc3ccccc3CCCCCCC)cc2)cc1. The third kappa shape index (κ3) is 13.8. The quantitative estimate of drug-likeness (QED) is 0.0609. The summed E-state index contributed by atoms with van der Waals surface area (Å²) in [5.41, 5.74) is 7.35. The predicted molar refractivity (Wildman–Crippen MR) is 218 cm³/mol. The van der Waals surface area contributed by atoms with Crippen molar-refractivity contribution in [3.8, 4) is 0 Å². The highest BCUT2D eigenvalue weighted by Crippen LogP contribution is 2.28. The maximum atomic E-state index is 5.73. The minimum Gasteiger partial charge on any atom is -0.341 e. The number of anilines is 2. The van der Waals surface area contributed by atoms with Crippen LogP contribution in [0, 0.1) is 0 Å². The number of hydrogen-bond acceptors (Lipinski definition) is 4. The number of unbranched alkanes of at least 4 members (excludes halogenated alkanes) is 8. The molecule has 0 aliphatic heterocycles. The van der Waals surface area contributed by atoms with Crippen LogP contribution in [-0.2, 0) is 19.3 Å². The lowest BCUT2D eigenvalue weighted by Crippen LogP contribution is -2.05. The van der Waals surface area contributed by atoms with Gasteiger partial charge < -0.3 is 10.6 Å². The highest BCUT2D eigenvalue weighted by Gasteiger charge is 2.09. The van der Waals surface area contributed by atoms with E-state index >= 15 is 0 Å². The molecule has 47 heavy (non-hydrogen) atoms. The smallest absolute Gasteiger partial charge is 0.143 e. The largest absolute Gasteiger partial charge is 0.341 e. The van der Waals surface area contributed by atoms with Crippen LogP contribution in [0.25, 0.3) is 0 Å². The highest BCUT2D eigenvalue weighted by molar-refractivity contribution is 8.23. The summed E-state index contributed by atoms with van der Waals surface area (Å²) < 4.78 is 1.56. The van der Waals surface area contributed by atoms with E-state index in [9.17, 15) is 0 Å². The van der Waals surface area contributed by atoms with Crippen LogP contribution in [0.4, 0.5) is 11.4 Å². The number of thiocarbonyl (C=S) groups is 2. The Morgan fingerprint density at radius 1 is 0.489 bits per heavy atom. The summed E-state index contributed by atoms with van der Waals surface area (Å²) in [5, 5.41) is 6.86. The lowest BCUT2D eigenvalue weighted by atomic mass is 10.0. The van der Waals surface area contributed by atoms with Gasteiger partial charge in [0, 0.05) is 21.2 Å². The molecule has 0 radical (unpaired) electrons. The Bertz CT molecular complexity index is 1400. The van der Waals surface area contributed by atoms with E-state index in [1.807, 2.05) is 0 Å². The van der Waals surface area contributed by atoms with Gasteiger partial charge in [-0.3, -0.25) is 0 Å². The Kier molecular flexibility index (Phi) is 16.9. The third-order valence-corrected chi connectivity index (χ3v) is 10.8. The van der Waals surface area contributed by atoms with Gasteiger partial charge in [0.15, 0.2) is 0 Å². The van der Waals surface area contributed by atoms with Crippen LogP contribution in [0.15, 0.2) is 107 Å². The average Bonchev–Trinajstić information content (AvgIpc) is 3.08. The number of aryl methyl sites for hydroxylation is 2. The summed E-state index contributed by atoms with van der Waals surface area (Å²) in [5.74, 6) is 0. The van der Waals surface area contributed by atoms with Gasteiger partial charge in [0.25, 0.3) is 0 Å². The first-order chi connectivity index (χ1) is 23.0. The Morgan fingerprint density at radius 2 is 0.872 bits per heavy atom. The molecular weight excluding hydrogens is 649 g/mol. The summed E-state index contributed by atoms with van der Waals surface area (Å²) in [6.07, 6.45) is 16.0. The molecule has 0 heterocycles. The second-order valence-electron chi connectivity index (χ2n) is 12.1. The molecule has 0 aromatic heterocycles. The molecule has 4 aromatic carbocycles. The first-order valence-electron chi connectivity index (χ1n) is 17.4. The fourth-order valence-electron chi connectivity index (χ4n) is 5.59. The molecule has 2 nitrogen and oxygen atoms in total. The fraction of sp³-hybridized carbons (Fsp3) is 0.366. The van der Waals surface area contributed by atoms with E-state index in [-0.39, 0.29) is 0 Å². The Morgan fingerprint density at radius 3 is 1.28 bits per heavy atom.